The maximum Gasteiger partial charge on any atom is 0.132 e. The Hall–Kier alpha value is -1.65. The van der Waals surface area contributed by atoms with Gasteiger partial charge in [0.15, 0.2) is 0 Å². The van der Waals surface area contributed by atoms with Crippen LogP contribution in [0.15, 0.2) is 30.5 Å². The Labute approximate surface area is 100 Å². The van der Waals surface area contributed by atoms with Crippen molar-refractivity contribution in [3.8, 4) is 11.3 Å². The lowest BCUT2D eigenvalue weighted by Gasteiger charge is -2.02. The highest BCUT2D eigenvalue weighted by Crippen LogP contribution is 2.17. The third-order valence-electron chi connectivity index (χ3n) is 2.64. The molecule has 0 radical (unpaired) electrons. The highest BCUT2D eigenvalue weighted by molar-refractivity contribution is 5.58. The maximum atomic E-state index is 8.93. The molecule has 1 aromatic carbocycles. The van der Waals surface area contributed by atoms with Gasteiger partial charge in [0, 0.05) is 7.11 Å². The van der Waals surface area contributed by atoms with Gasteiger partial charge in [0.2, 0.25) is 0 Å². The van der Waals surface area contributed by atoms with Crippen LogP contribution in [0.5, 0.6) is 0 Å². The van der Waals surface area contributed by atoms with E-state index in [0.29, 0.717) is 5.82 Å². The molecule has 0 bridgehead atoms. The number of nitrogens with zero attached hydrogens (tertiary/aromatic N) is 1. The van der Waals surface area contributed by atoms with Crippen molar-refractivity contribution in [2.24, 2.45) is 0 Å². The lowest BCUT2D eigenvalue weighted by atomic mass is 10.1. The number of H-pyrrole nitrogens is 1. The van der Waals surface area contributed by atoms with E-state index < -0.39 is 0 Å². The van der Waals surface area contributed by atoms with Gasteiger partial charge < -0.3 is 14.8 Å². The van der Waals surface area contributed by atoms with E-state index in [4.69, 9.17) is 9.84 Å². The minimum absolute atomic E-state index is 0.0636. The first-order valence-corrected chi connectivity index (χ1v) is 5.56. The van der Waals surface area contributed by atoms with Crippen molar-refractivity contribution in [1.82, 2.24) is 9.97 Å². The number of ether oxygens (including phenoxy) is 1. The van der Waals surface area contributed by atoms with Crippen molar-refractivity contribution in [1.29, 1.82) is 0 Å². The molecule has 0 aliphatic heterocycles. The van der Waals surface area contributed by atoms with Crippen LogP contribution in [0.2, 0.25) is 0 Å². The topological polar surface area (TPSA) is 58.1 Å². The summed E-state index contributed by atoms with van der Waals surface area (Å²) in [6, 6.07) is 8.24. The highest BCUT2D eigenvalue weighted by atomic mass is 16.5. The molecular weight excluding hydrogens is 216 g/mol. The van der Waals surface area contributed by atoms with Crippen LogP contribution in [-0.4, -0.2) is 28.8 Å². The van der Waals surface area contributed by atoms with Gasteiger partial charge >= 0.3 is 0 Å². The van der Waals surface area contributed by atoms with Crippen molar-refractivity contribution in [2.45, 2.75) is 13.0 Å². The normalized spacial score (nSPS) is 10.7. The summed E-state index contributed by atoms with van der Waals surface area (Å²) in [5, 5.41) is 8.93. The molecule has 2 N–H and O–H groups in total. The molecule has 0 fully saturated rings. The third kappa shape index (κ3) is 2.93. The zero-order chi connectivity index (χ0) is 12.1. The minimum atomic E-state index is -0.0636. The number of methoxy groups -OCH3 is 1. The lowest BCUT2D eigenvalue weighted by Crippen LogP contribution is -1.93. The average molecular weight is 232 g/mol. The van der Waals surface area contributed by atoms with E-state index in [2.05, 4.69) is 22.1 Å². The average Bonchev–Trinajstić information content (AvgIpc) is 2.86. The Morgan fingerprint density at radius 3 is 2.65 bits per heavy atom. The number of imidazole rings is 1. The zero-order valence-electron chi connectivity index (χ0n) is 9.81. The third-order valence-corrected chi connectivity index (χ3v) is 2.64. The van der Waals surface area contributed by atoms with Crippen LogP contribution in [0.1, 0.15) is 11.4 Å². The van der Waals surface area contributed by atoms with Crippen molar-refractivity contribution >= 4 is 0 Å². The summed E-state index contributed by atoms with van der Waals surface area (Å²) < 4.78 is 5.03. The number of hydrogen-bond acceptors (Lipinski definition) is 3. The fourth-order valence-corrected chi connectivity index (χ4v) is 1.66. The van der Waals surface area contributed by atoms with Gasteiger partial charge in [0.25, 0.3) is 0 Å². The van der Waals surface area contributed by atoms with Gasteiger partial charge in [0.05, 0.1) is 18.5 Å². The summed E-state index contributed by atoms with van der Waals surface area (Å²) in [6.07, 6.45) is 2.65. The minimum Gasteiger partial charge on any atom is -0.388 e. The monoisotopic (exact) mass is 232 g/mol. The van der Waals surface area contributed by atoms with Crippen LogP contribution < -0.4 is 0 Å². The summed E-state index contributed by atoms with van der Waals surface area (Å²) in [6.45, 7) is 0.671. The smallest absolute Gasteiger partial charge is 0.132 e. The van der Waals surface area contributed by atoms with E-state index in [1.165, 1.54) is 5.56 Å². The van der Waals surface area contributed by atoms with Gasteiger partial charge in [-0.15, -0.1) is 0 Å². The number of aromatic amines is 1. The number of aromatic nitrogens is 2. The predicted molar refractivity (Wildman–Crippen MR) is 65.5 cm³/mol. The standard InChI is InChI=1S/C13H16N2O2/c1-17-7-6-10-2-4-11(5-3-10)12-8-14-13(9-16)15-12/h2-5,8,16H,6-7,9H2,1H3,(H,14,15). The lowest BCUT2D eigenvalue weighted by molar-refractivity contribution is 0.202. The van der Waals surface area contributed by atoms with Crippen LogP contribution in [-0.2, 0) is 17.8 Å². The van der Waals surface area contributed by atoms with E-state index in [9.17, 15) is 0 Å². The van der Waals surface area contributed by atoms with Crippen molar-refractivity contribution in [2.75, 3.05) is 13.7 Å². The molecular formula is C13H16N2O2. The fourth-order valence-electron chi connectivity index (χ4n) is 1.66. The van der Waals surface area contributed by atoms with Crippen molar-refractivity contribution in [3.63, 3.8) is 0 Å². The molecule has 0 aliphatic carbocycles. The van der Waals surface area contributed by atoms with Crippen molar-refractivity contribution in [3.05, 3.63) is 41.9 Å². The molecule has 0 amide bonds. The molecule has 90 valence electrons. The number of hydrogen-bond donors (Lipinski definition) is 2. The van der Waals surface area contributed by atoms with Gasteiger partial charge in [-0.2, -0.15) is 0 Å². The molecule has 0 saturated carbocycles. The molecule has 1 aromatic heterocycles. The van der Waals surface area contributed by atoms with Crippen LogP contribution in [0, 0.1) is 0 Å². The Kier molecular flexibility index (Phi) is 3.90. The second-order valence-electron chi connectivity index (χ2n) is 3.84. The van der Waals surface area contributed by atoms with Gasteiger partial charge in [0.1, 0.15) is 12.4 Å². The SMILES string of the molecule is COCCc1ccc(-c2cnc(CO)[nH]2)cc1. The van der Waals surface area contributed by atoms with Gasteiger partial charge in [-0.1, -0.05) is 24.3 Å². The maximum absolute atomic E-state index is 8.93. The zero-order valence-corrected chi connectivity index (χ0v) is 9.81. The molecule has 2 aromatic rings. The number of nitrogens with one attached hydrogen (secondary N) is 1. The van der Waals surface area contributed by atoms with E-state index in [1.807, 2.05) is 12.1 Å². The number of rotatable bonds is 5. The first-order valence-electron chi connectivity index (χ1n) is 5.56. The van der Waals surface area contributed by atoms with E-state index in [1.54, 1.807) is 13.3 Å². The Morgan fingerprint density at radius 2 is 2.06 bits per heavy atom. The highest BCUT2D eigenvalue weighted by Gasteiger charge is 2.02. The largest absolute Gasteiger partial charge is 0.388 e. The van der Waals surface area contributed by atoms with Crippen LogP contribution >= 0.6 is 0 Å². The Bertz CT molecular complexity index is 463. The summed E-state index contributed by atoms with van der Waals surface area (Å²) in [5.74, 6) is 0.587. The second kappa shape index (κ2) is 5.61. The van der Waals surface area contributed by atoms with Gasteiger partial charge in [-0.05, 0) is 17.5 Å². The van der Waals surface area contributed by atoms with E-state index >= 15 is 0 Å². The van der Waals surface area contributed by atoms with Crippen LogP contribution in [0.25, 0.3) is 11.3 Å². The summed E-state index contributed by atoms with van der Waals surface area (Å²) in [4.78, 5) is 7.11. The second-order valence-corrected chi connectivity index (χ2v) is 3.84. The van der Waals surface area contributed by atoms with Crippen molar-refractivity contribution < 1.29 is 9.84 Å². The number of benzene rings is 1. The molecule has 0 unspecified atom stereocenters. The first-order chi connectivity index (χ1) is 8.33. The quantitative estimate of drug-likeness (QED) is 0.825. The van der Waals surface area contributed by atoms with Gasteiger partial charge in [-0.3, -0.25) is 0 Å². The summed E-state index contributed by atoms with van der Waals surface area (Å²) in [5.41, 5.74) is 3.24. The summed E-state index contributed by atoms with van der Waals surface area (Å²) in [7, 11) is 1.70. The van der Waals surface area contributed by atoms with Crippen LogP contribution in [0.4, 0.5) is 0 Å². The fraction of sp³-hybridized carbons (Fsp3) is 0.308. The number of aliphatic hydroxyl groups excluding tert-OH is 1. The Morgan fingerprint density at radius 1 is 1.29 bits per heavy atom. The molecule has 4 nitrogen and oxygen atoms in total. The number of aliphatic hydroxyl groups is 1. The van der Waals surface area contributed by atoms with Gasteiger partial charge in [-0.25, -0.2) is 4.98 Å². The molecule has 0 saturated heterocycles. The molecule has 2 rings (SSSR count). The first kappa shape index (κ1) is 11.8. The van der Waals surface area contributed by atoms with E-state index in [0.717, 1.165) is 24.3 Å². The Balaban J connectivity index is 2.11. The molecule has 4 heteroatoms. The molecule has 0 atom stereocenters. The molecule has 0 spiro atoms. The predicted octanol–water partition coefficient (Wildman–Crippen LogP) is 1.76. The summed E-state index contributed by atoms with van der Waals surface area (Å²) >= 11 is 0. The molecule has 0 aliphatic rings. The van der Waals surface area contributed by atoms with Crippen LogP contribution in [0.3, 0.4) is 0 Å². The molecule has 1 heterocycles. The van der Waals surface area contributed by atoms with E-state index in [-0.39, 0.29) is 6.61 Å². The molecule has 17 heavy (non-hydrogen) atoms.